The van der Waals surface area contributed by atoms with Crippen molar-refractivity contribution in [2.45, 2.75) is 44.6 Å². The molecule has 0 bridgehead atoms. The van der Waals surface area contributed by atoms with Gasteiger partial charge in [0.2, 0.25) is 0 Å². The molecule has 36 heavy (non-hydrogen) atoms. The lowest BCUT2D eigenvalue weighted by Gasteiger charge is -2.34. The summed E-state index contributed by atoms with van der Waals surface area (Å²) in [6.45, 7) is 2.36. The molecule has 0 spiro atoms. The Balaban J connectivity index is 1.30. The molecule has 0 aliphatic heterocycles. The first kappa shape index (κ1) is 24.4. The number of aryl methyl sites for hydroxylation is 1. The monoisotopic (exact) mass is 491 g/mol. The van der Waals surface area contributed by atoms with Gasteiger partial charge in [0, 0.05) is 29.7 Å². The maximum absolute atomic E-state index is 6.24. The molecule has 0 aliphatic rings. The van der Waals surface area contributed by atoms with Crippen LogP contribution in [0.15, 0.2) is 109 Å². The Morgan fingerprint density at radius 2 is 1.28 bits per heavy atom. The Bertz CT molecular complexity index is 1440. The van der Waals surface area contributed by atoms with E-state index >= 15 is 0 Å². The first-order valence-corrected chi connectivity index (χ1v) is 13.4. The predicted octanol–water partition coefficient (Wildman–Crippen LogP) is 9.67. The SMILES string of the molecule is CC(C(CCCCc1ccc2ccccc2c1)c1ccc(Cl)cc1)N(C)c1ccc2ccccc2c1. The second-order valence-corrected chi connectivity index (χ2v) is 10.4. The molecule has 2 heteroatoms. The highest BCUT2D eigenvalue weighted by molar-refractivity contribution is 6.30. The molecule has 2 atom stereocenters. The van der Waals surface area contributed by atoms with E-state index in [0.29, 0.717) is 12.0 Å². The van der Waals surface area contributed by atoms with Crippen molar-refractivity contribution in [3.05, 3.63) is 125 Å². The zero-order valence-electron chi connectivity index (χ0n) is 21.2. The molecule has 0 aromatic heterocycles. The van der Waals surface area contributed by atoms with Gasteiger partial charge in [-0.3, -0.25) is 0 Å². The minimum atomic E-state index is 0.355. The molecule has 0 heterocycles. The van der Waals surface area contributed by atoms with Crippen LogP contribution in [-0.4, -0.2) is 13.1 Å². The Kier molecular flexibility index (Phi) is 7.58. The molecule has 0 fully saturated rings. The maximum Gasteiger partial charge on any atom is 0.0406 e. The number of halogens is 1. The van der Waals surface area contributed by atoms with Crippen molar-refractivity contribution < 1.29 is 0 Å². The lowest BCUT2D eigenvalue weighted by molar-refractivity contribution is 0.486. The van der Waals surface area contributed by atoms with Crippen molar-refractivity contribution in [1.29, 1.82) is 0 Å². The molecule has 0 saturated carbocycles. The summed E-state index contributed by atoms with van der Waals surface area (Å²) in [6, 6.07) is 39.7. The average molecular weight is 492 g/mol. The van der Waals surface area contributed by atoms with Crippen LogP contribution in [0, 0.1) is 0 Å². The van der Waals surface area contributed by atoms with Crippen molar-refractivity contribution in [3.8, 4) is 0 Å². The van der Waals surface area contributed by atoms with E-state index in [-0.39, 0.29) is 0 Å². The first-order chi connectivity index (χ1) is 17.6. The molecule has 2 unspecified atom stereocenters. The van der Waals surface area contributed by atoms with Crippen LogP contribution >= 0.6 is 11.6 Å². The van der Waals surface area contributed by atoms with Gasteiger partial charge in [0.25, 0.3) is 0 Å². The smallest absolute Gasteiger partial charge is 0.0406 e. The van der Waals surface area contributed by atoms with Crippen LogP contribution in [-0.2, 0) is 6.42 Å². The van der Waals surface area contributed by atoms with E-state index in [1.807, 2.05) is 12.1 Å². The summed E-state index contributed by atoms with van der Waals surface area (Å²) in [5.74, 6) is 0.426. The molecule has 0 saturated heterocycles. The molecular weight excluding hydrogens is 458 g/mol. The molecule has 0 N–H and O–H groups in total. The summed E-state index contributed by atoms with van der Waals surface area (Å²) >= 11 is 6.24. The highest BCUT2D eigenvalue weighted by Gasteiger charge is 2.23. The number of rotatable bonds is 9. The third-order valence-corrected chi connectivity index (χ3v) is 7.93. The fourth-order valence-corrected chi connectivity index (χ4v) is 5.51. The van der Waals surface area contributed by atoms with Gasteiger partial charge in [0.1, 0.15) is 0 Å². The fraction of sp³-hybridized carbons (Fsp3) is 0.235. The normalized spacial score (nSPS) is 13.1. The van der Waals surface area contributed by atoms with Crippen molar-refractivity contribution in [3.63, 3.8) is 0 Å². The van der Waals surface area contributed by atoms with E-state index in [9.17, 15) is 0 Å². The molecular formula is C34H34ClN. The number of anilines is 1. The Hall–Kier alpha value is -3.29. The van der Waals surface area contributed by atoms with Gasteiger partial charge in [-0.25, -0.2) is 0 Å². The summed E-state index contributed by atoms with van der Waals surface area (Å²) in [6.07, 6.45) is 4.65. The quantitative estimate of drug-likeness (QED) is 0.185. The van der Waals surface area contributed by atoms with Gasteiger partial charge in [-0.05, 0) is 83.1 Å². The van der Waals surface area contributed by atoms with E-state index in [1.54, 1.807) is 0 Å². The Labute approximate surface area is 220 Å². The Morgan fingerprint density at radius 1 is 0.667 bits per heavy atom. The second kappa shape index (κ2) is 11.2. The molecule has 5 aromatic carbocycles. The van der Waals surface area contributed by atoms with Crippen LogP contribution < -0.4 is 4.90 Å². The van der Waals surface area contributed by atoms with Gasteiger partial charge in [-0.15, -0.1) is 0 Å². The standard InChI is InChI=1S/C34H34ClN/c1-25(36(2)33-22-19-28-11-5-7-13-31(28)24-33)34(29-17-20-32(35)21-18-29)14-8-3-9-26-15-16-27-10-4-6-12-30(27)23-26/h4-7,10-13,15-25,34H,3,8-9,14H2,1-2H3. The number of unbranched alkanes of at least 4 members (excludes halogenated alkanes) is 1. The van der Waals surface area contributed by atoms with Crippen LogP contribution in [0.3, 0.4) is 0 Å². The minimum Gasteiger partial charge on any atom is -0.371 e. The summed E-state index contributed by atoms with van der Waals surface area (Å²) in [5.41, 5.74) is 4.06. The summed E-state index contributed by atoms with van der Waals surface area (Å²) < 4.78 is 0. The summed E-state index contributed by atoms with van der Waals surface area (Å²) in [4.78, 5) is 2.44. The number of fused-ring (bicyclic) bond motifs is 2. The van der Waals surface area contributed by atoms with Crippen molar-refractivity contribution in [2.75, 3.05) is 11.9 Å². The Morgan fingerprint density at radius 3 is 1.97 bits per heavy atom. The van der Waals surface area contributed by atoms with Crippen LogP contribution in [0.25, 0.3) is 21.5 Å². The third-order valence-electron chi connectivity index (χ3n) is 7.68. The van der Waals surface area contributed by atoms with Crippen LogP contribution in [0.4, 0.5) is 5.69 Å². The first-order valence-electron chi connectivity index (χ1n) is 13.0. The topological polar surface area (TPSA) is 3.24 Å². The maximum atomic E-state index is 6.24. The minimum absolute atomic E-state index is 0.355. The van der Waals surface area contributed by atoms with Crippen molar-refractivity contribution in [1.82, 2.24) is 0 Å². The van der Waals surface area contributed by atoms with Gasteiger partial charge in [0.05, 0.1) is 0 Å². The van der Waals surface area contributed by atoms with Crippen molar-refractivity contribution >= 4 is 38.8 Å². The third kappa shape index (κ3) is 5.58. The number of nitrogens with zero attached hydrogens (tertiary/aromatic N) is 1. The molecule has 0 aliphatic carbocycles. The van der Waals surface area contributed by atoms with Gasteiger partial charge in [-0.2, -0.15) is 0 Å². The van der Waals surface area contributed by atoms with Crippen LogP contribution in [0.1, 0.15) is 43.2 Å². The number of hydrogen-bond acceptors (Lipinski definition) is 1. The fourth-order valence-electron chi connectivity index (χ4n) is 5.39. The van der Waals surface area contributed by atoms with Crippen LogP contribution in [0.2, 0.25) is 5.02 Å². The molecule has 1 nitrogen and oxygen atoms in total. The van der Waals surface area contributed by atoms with E-state index in [0.717, 1.165) is 17.9 Å². The van der Waals surface area contributed by atoms with Gasteiger partial charge in [0.15, 0.2) is 0 Å². The number of likely N-dealkylation sites (N-methyl/N-ethyl adjacent to an activating group) is 1. The van der Waals surface area contributed by atoms with Crippen LogP contribution in [0.5, 0.6) is 0 Å². The highest BCUT2D eigenvalue weighted by atomic mass is 35.5. The second-order valence-electron chi connectivity index (χ2n) is 9.97. The summed E-state index contributed by atoms with van der Waals surface area (Å²) in [5, 5.41) is 6.01. The zero-order chi connectivity index (χ0) is 24.9. The lowest BCUT2D eigenvalue weighted by Crippen LogP contribution is -2.34. The van der Waals surface area contributed by atoms with E-state index in [1.165, 1.54) is 51.2 Å². The largest absolute Gasteiger partial charge is 0.371 e. The lowest BCUT2D eigenvalue weighted by atomic mass is 9.86. The zero-order valence-corrected chi connectivity index (χ0v) is 22.0. The van der Waals surface area contributed by atoms with Gasteiger partial charge >= 0.3 is 0 Å². The summed E-state index contributed by atoms with van der Waals surface area (Å²) in [7, 11) is 2.23. The van der Waals surface area contributed by atoms with Gasteiger partial charge < -0.3 is 4.90 Å². The average Bonchev–Trinajstić information content (AvgIpc) is 2.92. The number of benzene rings is 5. The molecule has 0 amide bonds. The number of hydrogen-bond donors (Lipinski definition) is 0. The molecule has 0 radical (unpaired) electrons. The van der Waals surface area contributed by atoms with Crippen molar-refractivity contribution in [2.24, 2.45) is 0 Å². The highest BCUT2D eigenvalue weighted by Crippen LogP contribution is 2.33. The molecule has 5 aromatic rings. The predicted molar refractivity (Wildman–Crippen MR) is 158 cm³/mol. The van der Waals surface area contributed by atoms with E-state index < -0.39 is 0 Å². The van der Waals surface area contributed by atoms with Gasteiger partial charge in [-0.1, -0.05) is 103 Å². The molecule has 182 valence electrons. The van der Waals surface area contributed by atoms with E-state index in [4.69, 9.17) is 11.6 Å². The van der Waals surface area contributed by atoms with E-state index in [2.05, 4.69) is 116 Å². The molecule has 5 rings (SSSR count).